The van der Waals surface area contributed by atoms with Crippen LogP contribution in [0.3, 0.4) is 0 Å². The highest BCUT2D eigenvalue weighted by Gasteiger charge is 2.29. The fraction of sp³-hybridized carbons (Fsp3) is 0.435. The lowest BCUT2D eigenvalue weighted by Gasteiger charge is -2.22. The molecule has 2 aromatic rings. The molecule has 1 aliphatic rings. The van der Waals surface area contributed by atoms with Crippen molar-refractivity contribution in [3.63, 3.8) is 0 Å². The third-order valence-electron chi connectivity index (χ3n) is 5.27. The number of fused-ring (bicyclic) bond motifs is 1. The number of phenols is 1. The van der Waals surface area contributed by atoms with E-state index in [9.17, 15) is 9.90 Å². The van der Waals surface area contributed by atoms with Gasteiger partial charge in [-0.3, -0.25) is 4.79 Å². The van der Waals surface area contributed by atoms with Crippen molar-refractivity contribution in [2.75, 3.05) is 41.7 Å². The second kappa shape index (κ2) is 9.26. The number of hydrogen-bond donors (Lipinski definition) is 1. The van der Waals surface area contributed by atoms with Crippen LogP contribution in [0.2, 0.25) is 0 Å². The molecule has 30 heavy (non-hydrogen) atoms. The van der Waals surface area contributed by atoms with Crippen molar-refractivity contribution in [2.24, 2.45) is 0 Å². The highest BCUT2D eigenvalue weighted by Crippen LogP contribution is 2.48. The molecule has 0 amide bonds. The summed E-state index contributed by atoms with van der Waals surface area (Å²) in [5, 5.41) is 10.2. The number of methoxy groups -OCH3 is 2. The first kappa shape index (κ1) is 21.8. The molecule has 3 rings (SSSR count). The number of carbonyl (C=O) groups excluding carboxylic acids is 1. The number of nitrogens with zero attached hydrogens (tertiary/aromatic N) is 1. The number of ether oxygens (including phenoxy) is 4. The van der Waals surface area contributed by atoms with Crippen LogP contribution in [0.25, 0.3) is 0 Å². The molecular weight excluding hydrogens is 386 g/mol. The van der Waals surface area contributed by atoms with Crippen LogP contribution >= 0.6 is 0 Å². The third-order valence-corrected chi connectivity index (χ3v) is 5.27. The Morgan fingerprint density at radius 2 is 1.97 bits per heavy atom. The maximum absolute atomic E-state index is 13.0. The van der Waals surface area contributed by atoms with Crippen LogP contribution in [0.4, 0.5) is 0 Å². The lowest BCUT2D eigenvalue weighted by Crippen LogP contribution is -2.17. The summed E-state index contributed by atoms with van der Waals surface area (Å²) >= 11 is 0. The van der Waals surface area contributed by atoms with E-state index in [-0.39, 0.29) is 36.2 Å². The smallest absolute Gasteiger partial charge is 0.231 e. The van der Waals surface area contributed by atoms with E-state index in [1.165, 1.54) is 13.2 Å². The molecule has 1 unspecified atom stereocenters. The van der Waals surface area contributed by atoms with Gasteiger partial charge in [0.2, 0.25) is 12.5 Å². The van der Waals surface area contributed by atoms with E-state index < -0.39 is 0 Å². The van der Waals surface area contributed by atoms with Crippen molar-refractivity contribution >= 4 is 5.78 Å². The molecule has 1 heterocycles. The summed E-state index contributed by atoms with van der Waals surface area (Å²) in [6.07, 6.45) is 0.993. The van der Waals surface area contributed by atoms with E-state index in [0.29, 0.717) is 23.0 Å². The third kappa shape index (κ3) is 4.46. The molecule has 7 heteroatoms. The summed E-state index contributed by atoms with van der Waals surface area (Å²) in [4.78, 5) is 15.1. The number of carbonyl (C=O) groups is 1. The number of benzene rings is 2. The van der Waals surface area contributed by atoms with Gasteiger partial charge in [0.1, 0.15) is 11.5 Å². The number of ketones is 1. The SMILES string of the molecule is COc1ccc(C(=O)CC(C)c2c(CCN(C)C)cc3c(c2OC)OCO3)c(O)c1. The maximum atomic E-state index is 13.0. The molecule has 1 aliphatic heterocycles. The molecule has 0 aliphatic carbocycles. The van der Waals surface area contributed by atoms with E-state index in [0.717, 1.165) is 24.1 Å². The van der Waals surface area contributed by atoms with Gasteiger partial charge in [0.05, 0.1) is 19.8 Å². The number of Topliss-reactive ketones (excluding diaryl/α,β-unsaturated/α-hetero) is 1. The number of phenolic OH excluding ortho intramolecular Hbond substituents is 1. The van der Waals surface area contributed by atoms with Gasteiger partial charge < -0.3 is 29.0 Å². The van der Waals surface area contributed by atoms with Gasteiger partial charge in [-0.1, -0.05) is 6.92 Å². The van der Waals surface area contributed by atoms with Gasteiger partial charge >= 0.3 is 0 Å². The molecule has 162 valence electrons. The summed E-state index contributed by atoms with van der Waals surface area (Å²) in [7, 11) is 7.15. The standard InChI is InChI=1S/C23H29NO6/c1-14(10-18(25)17-7-6-16(27-4)12-19(17)26)21-15(8-9-24(2)3)11-20-22(23(21)28-5)30-13-29-20/h6-7,11-12,14,26H,8-10,13H2,1-5H3. The van der Waals surface area contributed by atoms with Crippen LogP contribution in [0.15, 0.2) is 24.3 Å². The molecule has 2 aromatic carbocycles. The quantitative estimate of drug-likeness (QED) is 0.627. The second-order valence-electron chi connectivity index (χ2n) is 7.68. The summed E-state index contributed by atoms with van der Waals surface area (Å²) in [6.45, 7) is 2.97. The van der Waals surface area contributed by atoms with Crippen molar-refractivity contribution < 1.29 is 28.8 Å². The van der Waals surface area contributed by atoms with E-state index >= 15 is 0 Å². The lowest BCUT2D eigenvalue weighted by atomic mass is 9.87. The molecule has 0 radical (unpaired) electrons. The van der Waals surface area contributed by atoms with Gasteiger partial charge in [-0.15, -0.1) is 0 Å². The van der Waals surface area contributed by atoms with Crippen molar-refractivity contribution in [3.05, 3.63) is 41.0 Å². The molecule has 1 atom stereocenters. The number of likely N-dealkylation sites (N-methyl/N-ethyl adjacent to an activating group) is 1. The monoisotopic (exact) mass is 415 g/mol. The van der Waals surface area contributed by atoms with Crippen LogP contribution in [0.1, 0.15) is 40.7 Å². The summed E-state index contributed by atoms with van der Waals surface area (Å²) in [5.74, 6) is 1.96. The first-order valence-corrected chi connectivity index (χ1v) is 9.90. The first-order chi connectivity index (χ1) is 14.3. The van der Waals surface area contributed by atoms with Crippen LogP contribution in [0.5, 0.6) is 28.7 Å². The van der Waals surface area contributed by atoms with Crippen LogP contribution < -0.4 is 18.9 Å². The number of rotatable bonds is 9. The predicted octanol–water partition coefficient (Wildman–Crippen LogP) is 3.62. The summed E-state index contributed by atoms with van der Waals surface area (Å²) in [5.41, 5.74) is 2.27. The summed E-state index contributed by atoms with van der Waals surface area (Å²) < 4.78 is 22.0. The lowest BCUT2D eigenvalue weighted by molar-refractivity contribution is 0.0972. The highest BCUT2D eigenvalue weighted by atomic mass is 16.7. The number of hydrogen-bond acceptors (Lipinski definition) is 7. The summed E-state index contributed by atoms with van der Waals surface area (Å²) in [6, 6.07) is 6.69. The Morgan fingerprint density at radius 1 is 1.20 bits per heavy atom. The highest BCUT2D eigenvalue weighted by molar-refractivity contribution is 5.99. The minimum Gasteiger partial charge on any atom is -0.507 e. The van der Waals surface area contributed by atoms with Crippen molar-refractivity contribution in [3.8, 4) is 28.7 Å². The van der Waals surface area contributed by atoms with Crippen LogP contribution in [0, 0.1) is 0 Å². The molecule has 0 spiro atoms. The minimum atomic E-state index is -0.152. The van der Waals surface area contributed by atoms with E-state index in [1.54, 1.807) is 19.2 Å². The average molecular weight is 415 g/mol. The van der Waals surface area contributed by atoms with E-state index in [1.807, 2.05) is 27.1 Å². The average Bonchev–Trinajstić information content (AvgIpc) is 3.18. The fourth-order valence-corrected chi connectivity index (χ4v) is 3.74. The molecule has 7 nitrogen and oxygen atoms in total. The Morgan fingerprint density at radius 3 is 2.60 bits per heavy atom. The Hall–Kier alpha value is -2.93. The van der Waals surface area contributed by atoms with Crippen LogP contribution in [-0.4, -0.2) is 57.4 Å². The maximum Gasteiger partial charge on any atom is 0.231 e. The minimum absolute atomic E-state index is 0.0861. The van der Waals surface area contributed by atoms with Crippen molar-refractivity contribution in [1.82, 2.24) is 4.90 Å². The fourth-order valence-electron chi connectivity index (χ4n) is 3.74. The van der Waals surface area contributed by atoms with E-state index in [2.05, 4.69) is 4.90 Å². The normalized spacial score (nSPS) is 13.4. The van der Waals surface area contributed by atoms with Crippen molar-refractivity contribution in [2.45, 2.75) is 25.7 Å². The second-order valence-corrected chi connectivity index (χ2v) is 7.68. The topological polar surface area (TPSA) is 77.5 Å². The Labute approximate surface area is 177 Å². The van der Waals surface area contributed by atoms with Gasteiger partial charge in [-0.25, -0.2) is 0 Å². The zero-order chi connectivity index (χ0) is 21.8. The van der Waals surface area contributed by atoms with Gasteiger partial charge in [-0.05, 0) is 50.2 Å². The van der Waals surface area contributed by atoms with E-state index in [4.69, 9.17) is 18.9 Å². The zero-order valence-electron chi connectivity index (χ0n) is 18.2. The largest absolute Gasteiger partial charge is 0.507 e. The Bertz CT molecular complexity index is 924. The molecule has 1 N–H and O–H groups in total. The van der Waals surface area contributed by atoms with Gasteiger partial charge in [0.15, 0.2) is 17.3 Å². The molecule has 0 saturated heterocycles. The molecule has 0 saturated carbocycles. The Kier molecular flexibility index (Phi) is 6.72. The Balaban J connectivity index is 1.93. The molecule has 0 aromatic heterocycles. The zero-order valence-corrected chi connectivity index (χ0v) is 18.2. The molecule has 0 fully saturated rings. The predicted molar refractivity (Wildman–Crippen MR) is 113 cm³/mol. The van der Waals surface area contributed by atoms with Gasteiger partial charge in [0, 0.05) is 24.6 Å². The number of aromatic hydroxyl groups is 1. The molecular formula is C23H29NO6. The molecule has 0 bridgehead atoms. The van der Waals surface area contributed by atoms with Crippen LogP contribution in [-0.2, 0) is 6.42 Å². The first-order valence-electron chi connectivity index (χ1n) is 9.90. The van der Waals surface area contributed by atoms with Gasteiger partial charge in [0.25, 0.3) is 0 Å². The van der Waals surface area contributed by atoms with Crippen molar-refractivity contribution in [1.29, 1.82) is 0 Å². The van der Waals surface area contributed by atoms with Gasteiger partial charge in [-0.2, -0.15) is 0 Å².